The van der Waals surface area contributed by atoms with Crippen molar-refractivity contribution in [2.24, 2.45) is 5.73 Å². The van der Waals surface area contributed by atoms with Crippen molar-refractivity contribution in [3.8, 4) is 0 Å². The third kappa shape index (κ3) is 1.31. The first-order valence-corrected chi connectivity index (χ1v) is 5.35. The van der Waals surface area contributed by atoms with E-state index in [0.29, 0.717) is 19.8 Å². The summed E-state index contributed by atoms with van der Waals surface area (Å²) in [5.74, 6) is 0. The molecular weight excluding hydrogens is 202 g/mol. The third-order valence-corrected chi connectivity index (χ3v) is 3.19. The van der Waals surface area contributed by atoms with Gasteiger partial charge in [0.25, 0.3) is 0 Å². The van der Waals surface area contributed by atoms with Crippen LogP contribution in [0.4, 0.5) is 0 Å². The van der Waals surface area contributed by atoms with Gasteiger partial charge < -0.3 is 10.5 Å². The normalized spacial score (nSPS) is 18.3. The Morgan fingerprint density at radius 3 is 2.75 bits per heavy atom. The Morgan fingerprint density at radius 2 is 2.06 bits per heavy atom. The van der Waals surface area contributed by atoms with Crippen LogP contribution >= 0.6 is 0 Å². The van der Waals surface area contributed by atoms with Gasteiger partial charge >= 0.3 is 0 Å². The van der Waals surface area contributed by atoms with Crippen LogP contribution in [0.15, 0.2) is 30.3 Å². The fourth-order valence-corrected chi connectivity index (χ4v) is 1.96. The summed E-state index contributed by atoms with van der Waals surface area (Å²) in [5, 5.41) is 9.58. The van der Waals surface area contributed by atoms with Gasteiger partial charge in [0.15, 0.2) is 0 Å². The van der Waals surface area contributed by atoms with Crippen LogP contribution in [0.3, 0.4) is 0 Å². The highest BCUT2D eigenvalue weighted by Crippen LogP contribution is 2.30. The Labute approximate surface area is 93.4 Å². The first-order valence-electron chi connectivity index (χ1n) is 5.35. The number of hydrogen-bond donors (Lipinski definition) is 1. The Hall–Kier alpha value is -1.52. The Balaban J connectivity index is 2.11. The number of hydrogen-bond acceptors (Lipinski definition) is 4. The molecular formula is C12H13N3O. The number of fused-ring (bicyclic) bond motifs is 1. The van der Waals surface area contributed by atoms with Gasteiger partial charge in [-0.2, -0.15) is 10.2 Å². The first kappa shape index (κ1) is 9.69. The summed E-state index contributed by atoms with van der Waals surface area (Å²) in [4.78, 5) is 0. The molecule has 82 valence electrons. The summed E-state index contributed by atoms with van der Waals surface area (Å²) in [5.41, 5.74) is 7.54. The number of nitrogens with zero attached hydrogens (tertiary/aromatic N) is 2. The highest BCUT2D eigenvalue weighted by molar-refractivity contribution is 5.78. The van der Waals surface area contributed by atoms with Gasteiger partial charge in [0.1, 0.15) is 0 Å². The summed E-state index contributed by atoms with van der Waals surface area (Å²) in [6.45, 7) is 1.85. The molecule has 0 spiro atoms. The van der Waals surface area contributed by atoms with Crippen LogP contribution in [0, 0.1) is 0 Å². The minimum Gasteiger partial charge on any atom is -0.379 e. The molecule has 0 atom stereocenters. The molecule has 2 N–H and O–H groups in total. The molecule has 0 bridgehead atoms. The van der Waals surface area contributed by atoms with Crippen LogP contribution < -0.4 is 5.73 Å². The van der Waals surface area contributed by atoms with Crippen LogP contribution in [0.1, 0.15) is 5.69 Å². The van der Waals surface area contributed by atoms with Gasteiger partial charge in [-0.1, -0.05) is 18.2 Å². The largest absolute Gasteiger partial charge is 0.379 e. The molecule has 1 aromatic carbocycles. The molecule has 1 fully saturated rings. The van der Waals surface area contributed by atoms with E-state index in [1.807, 2.05) is 24.3 Å². The third-order valence-electron chi connectivity index (χ3n) is 3.19. The molecule has 0 radical (unpaired) electrons. The molecule has 4 heteroatoms. The van der Waals surface area contributed by atoms with Gasteiger partial charge in [0.2, 0.25) is 0 Å². The molecule has 16 heavy (non-hydrogen) atoms. The Morgan fingerprint density at radius 1 is 1.25 bits per heavy atom. The van der Waals surface area contributed by atoms with Crippen molar-refractivity contribution < 1.29 is 4.74 Å². The fraction of sp³-hybridized carbons (Fsp3) is 0.333. The molecule has 0 unspecified atom stereocenters. The zero-order chi connectivity index (χ0) is 11.0. The van der Waals surface area contributed by atoms with Gasteiger partial charge in [-0.15, -0.1) is 0 Å². The maximum absolute atomic E-state index is 5.80. The van der Waals surface area contributed by atoms with E-state index in [1.54, 1.807) is 0 Å². The standard InChI is InChI=1S/C12H13N3O/c13-6-12(7-16-8-12)11-5-9-3-1-2-4-10(9)14-15-11/h1-5H,6-8,13H2. The molecule has 0 saturated carbocycles. The van der Waals surface area contributed by atoms with Crippen molar-refractivity contribution in [3.05, 3.63) is 36.0 Å². The molecule has 1 aliphatic heterocycles. The number of nitrogens with two attached hydrogens (primary N) is 1. The van der Waals surface area contributed by atoms with Crippen molar-refractivity contribution >= 4 is 10.9 Å². The van der Waals surface area contributed by atoms with Gasteiger partial charge in [-0.25, -0.2) is 0 Å². The second-order valence-corrected chi connectivity index (χ2v) is 4.27. The molecule has 1 saturated heterocycles. The van der Waals surface area contributed by atoms with Crippen molar-refractivity contribution in [3.63, 3.8) is 0 Å². The number of aromatic nitrogens is 2. The zero-order valence-electron chi connectivity index (χ0n) is 8.89. The summed E-state index contributed by atoms with van der Waals surface area (Å²) in [7, 11) is 0. The van der Waals surface area contributed by atoms with Crippen LogP contribution in [0.25, 0.3) is 10.9 Å². The molecule has 1 aliphatic rings. The van der Waals surface area contributed by atoms with E-state index in [-0.39, 0.29) is 5.41 Å². The minimum atomic E-state index is -0.114. The van der Waals surface area contributed by atoms with E-state index in [9.17, 15) is 0 Å². The lowest BCUT2D eigenvalue weighted by Gasteiger charge is -2.39. The smallest absolute Gasteiger partial charge is 0.0929 e. The van der Waals surface area contributed by atoms with E-state index in [1.165, 1.54) is 0 Å². The molecule has 1 aromatic heterocycles. The summed E-state index contributed by atoms with van der Waals surface area (Å²) in [6.07, 6.45) is 0. The molecule has 4 nitrogen and oxygen atoms in total. The van der Waals surface area contributed by atoms with E-state index >= 15 is 0 Å². The molecule has 2 aromatic rings. The second-order valence-electron chi connectivity index (χ2n) is 4.27. The molecule has 0 aliphatic carbocycles. The lowest BCUT2D eigenvalue weighted by Crippen LogP contribution is -2.52. The number of rotatable bonds is 2. The fourth-order valence-electron chi connectivity index (χ4n) is 1.96. The summed E-state index contributed by atoms with van der Waals surface area (Å²) in [6, 6.07) is 10.0. The lowest BCUT2D eigenvalue weighted by molar-refractivity contribution is -0.0574. The zero-order valence-corrected chi connectivity index (χ0v) is 8.89. The predicted octanol–water partition coefficient (Wildman–Crippen LogP) is 0.857. The topological polar surface area (TPSA) is 61.0 Å². The lowest BCUT2D eigenvalue weighted by atomic mass is 9.82. The van der Waals surface area contributed by atoms with Crippen LogP contribution in [-0.2, 0) is 10.2 Å². The highest BCUT2D eigenvalue weighted by Gasteiger charge is 2.40. The SMILES string of the molecule is NCC1(c2cc3ccccc3nn2)COC1. The van der Waals surface area contributed by atoms with Crippen molar-refractivity contribution in [1.29, 1.82) is 0 Å². The first-order chi connectivity index (χ1) is 7.84. The van der Waals surface area contributed by atoms with Crippen LogP contribution in [-0.4, -0.2) is 30.0 Å². The summed E-state index contributed by atoms with van der Waals surface area (Å²) >= 11 is 0. The highest BCUT2D eigenvalue weighted by atomic mass is 16.5. The van der Waals surface area contributed by atoms with E-state index < -0.39 is 0 Å². The van der Waals surface area contributed by atoms with Crippen molar-refractivity contribution in [2.45, 2.75) is 5.41 Å². The van der Waals surface area contributed by atoms with Gasteiger partial charge in [0, 0.05) is 11.9 Å². The van der Waals surface area contributed by atoms with E-state index in [0.717, 1.165) is 16.6 Å². The van der Waals surface area contributed by atoms with Gasteiger partial charge in [0.05, 0.1) is 29.8 Å². The quantitative estimate of drug-likeness (QED) is 0.807. The minimum absolute atomic E-state index is 0.114. The number of benzene rings is 1. The maximum atomic E-state index is 5.80. The second kappa shape index (κ2) is 3.50. The maximum Gasteiger partial charge on any atom is 0.0929 e. The summed E-state index contributed by atoms with van der Waals surface area (Å²) < 4.78 is 5.25. The Bertz CT molecular complexity index is 517. The van der Waals surface area contributed by atoms with Crippen LogP contribution in [0.2, 0.25) is 0 Å². The van der Waals surface area contributed by atoms with E-state index in [4.69, 9.17) is 10.5 Å². The van der Waals surface area contributed by atoms with Gasteiger partial charge in [-0.05, 0) is 12.1 Å². The van der Waals surface area contributed by atoms with E-state index in [2.05, 4.69) is 16.3 Å². The molecule has 3 rings (SSSR count). The molecule has 2 heterocycles. The average Bonchev–Trinajstić information content (AvgIpc) is 2.28. The number of ether oxygens (including phenoxy) is 1. The monoisotopic (exact) mass is 215 g/mol. The van der Waals surface area contributed by atoms with Crippen LogP contribution in [0.5, 0.6) is 0 Å². The Kier molecular flexibility index (Phi) is 2.12. The van der Waals surface area contributed by atoms with Crippen molar-refractivity contribution in [1.82, 2.24) is 10.2 Å². The predicted molar refractivity (Wildman–Crippen MR) is 61.1 cm³/mol. The molecule has 0 amide bonds. The average molecular weight is 215 g/mol. The van der Waals surface area contributed by atoms with Gasteiger partial charge in [-0.3, -0.25) is 0 Å². The van der Waals surface area contributed by atoms with Crippen molar-refractivity contribution in [2.75, 3.05) is 19.8 Å².